The van der Waals surface area contributed by atoms with Gasteiger partial charge in [0, 0.05) is 5.56 Å². The second-order valence-corrected chi connectivity index (χ2v) is 5.24. The Balaban J connectivity index is 2.12. The third kappa shape index (κ3) is 3.92. The van der Waals surface area contributed by atoms with Crippen molar-refractivity contribution in [2.75, 3.05) is 0 Å². The van der Waals surface area contributed by atoms with Gasteiger partial charge in [-0.2, -0.15) is 0 Å². The normalized spacial score (nSPS) is 11.7. The lowest BCUT2D eigenvalue weighted by Gasteiger charge is -2.15. The summed E-state index contributed by atoms with van der Waals surface area (Å²) in [6.07, 6.45) is 0. The van der Waals surface area contributed by atoms with Gasteiger partial charge in [0.15, 0.2) is 0 Å². The molecule has 23 heavy (non-hydrogen) atoms. The number of carbonyl (C=O) groups is 2. The Bertz CT molecular complexity index is 729. The molecule has 2 rings (SSSR count). The van der Waals surface area contributed by atoms with Crippen LogP contribution in [0, 0.1) is 12.7 Å². The molecule has 0 aliphatic carbocycles. The molecule has 0 aliphatic rings. The van der Waals surface area contributed by atoms with Crippen molar-refractivity contribution in [1.29, 1.82) is 0 Å². The molecule has 1 atom stereocenters. The molecule has 0 aromatic heterocycles. The zero-order chi connectivity index (χ0) is 17.0. The van der Waals surface area contributed by atoms with Crippen LogP contribution in [0.4, 0.5) is 4.39 Å². The molecule has 3 N–H and O–H groups in total. The van der Waals surface area contributed by atoms with Crippen molar-refractivity contribution in [3.63, 3.8) is 0 Å². The molecule has 5 nitrogen and oxygen atoms in total. The minimum absolute atomic E-state index is 0.00636. The van der Waals surface area contributed by atoms with Crippen molar-refractivity contribution in [1.82, 2.24) is 10.8 Å². The van der Waals surface area contributed by atoms with Crippen LogP contribution in [0.5, 0.6) is 0 Å². The van der Waals surface area contributed by atoms with Crippen LogP contribution in [-0.4, -0.2) is 17.0 Å². The van der Waals surface area contributed by atoms with E-state index in [-0.39, 0.29) is 11.6 Å². The van der Waals surface area contributed by atoms with Crippen molar-refractivity contribution >= 4 is 11.8 Å². The van der Waals surface area contributed by atoms with E-state index in [1.165, 1.54) is 24.3 Å². The first-order chi connectivity index (χ1) is 10.9. The Morgan fingerprint density at radius 3 is 2.35 bits per heavy atom. The molecule has 0 spiro atoms. The quantitative estimate of drug-likeness (QED) is 0.599. The predicted octanol–water partition coefficient (Wildman–Crippen LogP) is 2.74. The smallest absolute Gasteiger partial charge is 0.274 e. The fraction of sp³-hybridized carbons (Fsp3) is 0.176. The van der Waals surface area contributed by atoms with E-state index in [0.717, 1.165) is 11.1 Å². The van der Waals surface area contributed by atoms with Crippen LogP contribution in [0.25, 0.3) is 0 Å². The van der Waals surface area contributed by atoms with Gasteiger partial charge in [-0.05, 0) is 43.7 Å². The maximum Gasteiger partial charge on any atom is 0.274 e. The molecule has 0 fully saturated rings. The molecule has 6 heteroatoms. The van der Waals surface area contributed by atoms with Gasteiger partial charge in [-0.25, -0.2) is 9.87 Å². The van der Waals surface area contributed by atoms with Gasteiger partial charge in [0.25, 0.3) is 11.8 Å². The Labute approximate surface area is 133 Å². The Kier molecular flexibility index (Phi) is 5.08. The number of hydrogen-bond donors (Lipinski definition) is 3. The molecule has 2 aromatic rings. The van der Waals surface area contributed by atoms with Crippen LogP contribution in [-0.2, 0) is 0 Å². The lowest BCUT2D eigenvalue weighted by Crippen LogP contribution is -2.27. The predicted molar refractivity (Wildman–Crippen MR) is 82.7 cm³/mol. The number of carbonyl (C=O) groups excluding carboxylic acids is 2. The van der Waals surface area contributed by atoms with Crippen LogP contribution >= 0.6 is 0 Å². The first-order valence-corrected chi connectivity index (χ1v) is 7.03. The number of nitrogens with one attached hydrogen (secondary N) is 2. The highest BCUT2D eigenvalue weighted by Gasteiger charge is 2.15. The minimum atomic E-state index is -0.616. The average Bonchev–Trinajstić information content (AvgIpc) is 2.56. The Morgan fingerprint density at radius 1 is 1.09 bits per heavy atom. The molecule has 0 radical (unpaired) electrons. The highest BCUT2D eigenvalue weighted by Crippen LogP contribution is 2.16. The molecule has 0 bridgehead atoms. The summed E-state index contributed by atoms with van der Waals surface area (Å²) in [5, 5.41) is 11.3. The van der Waals surface area contributed by atoms with Crippen LogP contribution in [0.3, 0.4) is 0 Å². The standard InChI is InChI=1S/C17H17FN2O3/c1-10-3-8-15(18)14(9-10)17(22)19-11(2)12-4-6-13(7-5-12)16(21)20-23/h3-9,11,23H,1-2H3,(H,19,22)(H,20,21). The summed E-state index contributed by atoms with van der Waals surface area (Å²) in [6, 6.07) is 10.3. The summed E-state index contributed by atoms with van der Waals surface area (Å²) in [5.41, 5.74) is 3.38. The maximum atomic E-state index is 13.7. The molecule has 2 aromatic carbocycles. The SMILES string of the molecule is Cc1ccc(F)c(C(=O)NC(C)c2ccc(C(=O)NO)cc2)c1. The fourth-order valence-corrected chi connectivity index (χ4v) is 2.16. The topological polar surface area (TPSA) is 78.4 Å². The minimum Gasteiger partial charge on any atom is -0.345 e. The zero-order valence-electron chi connectivity index (χ0n) is 12.8. The molecule has 0 saturated heterocycles. The molecule has 2 amide bonds. The van der Waals surface area contributed by atoms with E-state index in [2.05, 4.69) is 5.32 Å². The lowest BCUT2D eigenvalue weighted by molar-refractivity contribution is 0.0706. The molecule has 120 valence electrons. The average molecular weight is 316 g/mol. The van der Waals surface area contributed by atoms with Crippen LogP contribution in [0.1, 0.15) is 44.8 Å². The highest BCUT2D eigenvalue weighted by molar-refractivity contribution is 5.95. The van der Waals surface area contributed by atoms with Crippen molar-refractivity contribution in [2.45, 2.75) is 19.9 Å². The van der Waals surface area contributed by atoms with Gasteiger partial charge < -0.3 is 5.32 Å². The number of hydrogen-bond acceptors (Lipinski definition) is 3. The highest BCUT2D eigenvalue weighted by atomic mass is 19.1. The number of aryl methyl sites for hydroxylation is 1. The van der Waals surface area contributed by atoms with E-state index < -0.39 is 17.6 Å². The van der Waals surface area contributed by atoms with Gasteiger partial charge in [-0.1, -0.05) is 23.8 Å². The second-order valence-electron chi connectivity index (χ2n) is 5.24. The summed E-state index contributed by atoms with van der Waals surface area (Å²) >= 11 is 0. The molecular formula is C17H17FN2O3. The summed E-state index contributed by atoms with van der Waals surface area (Å²) in [5.74, 6) is -1.69. The van der Waals surface area contributed by atoms with Gasteiger partial charge in [0.2, 0.25) is 0 Å². The van der Waals surface area contributed by atoms with Gasteiger partial charge in [-0.15, -0.1) is 0 Å². The Hall–Kier alpha value is -2.73. The van der Waals surface area contributed by atoms with Crippen molar-refractivity contribution in [3.05, 3.63) is 70.5 Å². The third-order valence-corrected chi connectivity index (χ3v) is 3.49. The summed E-state index contributed by atoms with van der Waals surface area (Å²) in [6.45, 7) is 3.54. The number of amides is 2. The number of benzene rings is 2. The summed E-state index contributed by atoms with van der Waals surface area (Å²) in [4.78, 5) is 23.4. The third-order valence-electron chi connectivity index (χ3n) is 3.49. The number of hydroxylamine groups is 1. The van der Waals surface area contributed by atoms with Crippen LogP contribution in [0.2, 0.25) is 0 Å². The van der Waals surface area contributed by atoms with Crippen molar-refractivity contribution in [2.24, 2.45) is 0 Å². The van der Waals surface area contributed by atoms with Gasteiger partial charge in [-0.3, -0.25) is 14.8 Å². The molecule has 1 unspecified atom stereocenters. The first kappa shape index (κ1) is 16.6. The molecule has 0 heterocycles. The van der Waals surface area contributed by atoms with E-state index in [4.69, 9.17) is 5.21 Å². The van der Waals surface area contributed by atoms with E-state index in [1.54, 1.807) is 37.5 Å². The second kappa shape index (κ2) is 7.02. The Morgan fingerprint density at radius 2 is 1.74 bits per heavy atom. The largest absolute Gasteiger partial charge is 0.345 e. The maximum absolute atomic E-state index is 13.7. The lowest BCUT2D eigenvalue weighted by atomic mass is 10.0. The van der Waals surface area contributed by atoms with Crippen LogP contribution < -0.4 is 10.8 Å². The van der Waals surface area contributed by atoms with E-state index in [9.17, 15) is 14.0 Å². The summed E-state index contributed by atoms with van der Waals surface area (Å²) < 4.78 is 13.7. The van der Waals surface area contributed by atoms with Gasteiger partial charge in [0.05, 0.1) is 11.6 Å². The number of rotatable bonds is 4. The van der Waals surface area contributed by atoms with Gasteiger partial charge in [0.1, 0.15) is 5.82 Å². The molecular weight excluding hydrogens is 299 g/mol. The van der Waals surface area contributed by atoms with E-state index >= 15 is 0 Å². The van der Waals surface area contributed by atoms with Crippen molar-refractivity contribution < 1.29 is 19.2 Å². The zero-order valence-corrected chi connectivity index (χ0v) is 12.8. The number of halogens is 1. The van der Waals surface area contributed by atoms with Crippen LogP contribution in [0.15, 0.2) is 42.5 Å². The molecule has 0 saturated carbocycles. The van der Waals surface area contributed by atoms with E-state index in [0.29, 0.717) is 5.56 Å². The fourth-order valence-electron chi connectivity index (χ4n) is 2.16. The first-order valence-electron chi connectivity index (χ1n) is 7.03. The monoisotopic (exact) mass is 316 g/mol. The van der Waals surface area contributed by atoms with Gasteiger partial charge >= 0.3 is 0 Å². The molecule has 0 aliphatic heterocycles. The van der Waals surface area contributed by atoms with Crippen molar-refractivity contribution in [3.8, 4) is 0 Å². The summed E-state index contributed by atoms with van der Waals surface area (Å²) in [7, 11) is 0. The van der Waals surface area contributed by atoms with E-state index in [1.807, 2.05) is 0 Å².